The Bertz CT molecular complexity index is 425. The number of rotatable bonds is 0. The lowest BCUT2D eigenvalue weighted by Gasteiger charge is -2.16. The number of para-hydroxylation sites is 1. The number of hydrogen-bond donors (Lipinski definition) is 0. The van der Waals surface area contributed by atoms with Gasteiger partial charge in [-0.1, -0.05) is 18.2 Å². The van der Waals surface area contributed by atoms with Crippen LogP contribution in [0.1, 0.15) is 5.56 Å². The molecule has 0 N–H and O–H groups in total. The summed E-state index contributed by atoms with van der Waals surface area (Å²) in [4.78, 5) is 2.04. The molecule has 0 aliphatic carbocycles. The molecule has 4 heteroatoms. The minimum atomic E-state index is 0.589. The Hall–Kier alpha value is -1.84. The van der Waals surface area contributed by atoms with Crippen LogP contribution in [-0.2, 0) is 11.3 Å². The molecular formula is C10H9N3O. The first kappa shape index (κ1) is 7.55. The van der Waals surface area contributed by atoms with E-state index in [1.165, 1.54) is 5.56 Å². The van der Waals surface area contributed by atoms with E-state index in [9.17, 15) is 0 Å². The molecule has 2 heterocycles. The van der Waals surface area contributed by atoms with E-state index in [-0.39, 0.29) is 0 Å². The van der Waals surface area contributed by atoms with Crippen LogP contribution in [0.2, 0.25) is 0 Å². The van der Waals surface area contributed by atoms with E-state index in [0.717, 1.165) is 11.5 Å². The molecule has 0 amide bonds. The number of fused-ring (bicyclic) bond motifs is 3. The molecule has 0 unspecified atom stereocenters. The molecule has 0 saturated carbocycles. The fraction of sp³-hybridized carbons (Fsp3) is 0.200. The van der Waals surface area contributed by atoms with Crippen molar-refractivity contribution in [3.05, 3.63) is 41.9 Å². The maximum absolute atomic E-state index is 5.38. The highest BCUT2D eigenvalue weighted by molar-refractivity contribution is 5.58. The summed E-state index contributed by atoms with van der Waals surface area (Å²) >= 11 is 0. The zero-order valence-corrected chi connectivity index (χ0v) is 7.55. The third-order valence-corrected chi connectivity index (χ3v) is 2.36. The Kier molecular flexibility index (Phi) is 1.53. The monoisotopic (exact) mass is 187 g/mol. The van der Waals surface area contributed by atoms with E-state index >= 15 is 0 Å². The first-order valence-corrected chi connectivity index (χ1v) is 4.50. The summed E-state index contributed by atoms with van der Waals surface area (Å²) in [5, 5.41) is 7.97. The van der Waals surface area contributed by atoms with Gasteiger partial charge in [-0.2, -0.15) is 5.11 Å². The first-order valence-electron chi connectivity index (χ1n) is 4.50. The molecule has 2 aliphatic rings. The lowest BCUT2D eigenvalue weighted by atomic mass is 10.2. The summed E-state index contributed by atoms with van der Waals surface area (Å²) in [6.07, 6.45) is 1.66. The molecule has 0 saturated heterocycles. The van der Waals surface area contributed by atoms with E-state index in [1.807, 2.05) is 17.0 Å². The number of benzene rings is 1. The quantitative estimate of drug-likeness (QED) is 0.624. The SMILES string of the molecule is C1=C2N=NCN2c2ccccc2CO1. The Balaban J connectivity index is 2.13. The predicted molar refractivity (Wildman–Crippen MR) is 51.5 cm³/mol. The van der Waals surface area contributed by atoms with Gasteiger partial charge >= 0.3 is 0 Å². The largest absolute Gasteiger partial charge is 0.492 e. The minimum Gasteiger partial charge on any atom is -0.492 e. The number of nitrogens with zero attached hydrogens (tertiary/aromatic N) is 3. The third kappa shape index (κ3) is 1.00. The second-order valence-electron chi connectivity index (χ2n) is 3.23. The highest BCUT2D eigenvalue weighted by Crippen LogP contribution is 2.30. The molecule has 1 aromatic carbocycles. The molecule has 1 aromatic rings. The lowest BCUT2D eigenvalue weighted by molar-refractivity contribution is 0.236. The second kappa shape index (κ2) is 2.83. The Morgan fingerprint density at radius 2 is 2.21 bits per heavy atom. The number of azo groups is 1. The molecule has 2 aliphatic heterocycles. The van der Waals surface area contributed by atoms with Crippen LogP contribution in [0.25, 0.3) is 0 Å². The highest BCUT2D eigenvalue weighted by atomic mass is 16.5. The average Bonchev–Trinajstić information content (AvgIpc) is 2.61. The van der Waals surface area contributed by atoms with E-state index in [2.05, 4.69) is 22.4 Å². The van der Waals surface area contributed by atoms with Crippen molar-refractivity contribution in [3.63, 3.8) is 0 Å². The van der Waals surface area contributed by atoms with Gasteiger partial charge in [0.05, 0.1) is 5.69 Å². The van der Waals surface area contributed by atoms with Gasteiger partial charge in [-0.05, 0) is 6.07 Å². The maximum atomic E-state index is 5.38. The smallest absolute Gasteiger partial charge is 0.191 e. The van der Waals surface area contributed by atoms with E-state index in [4.69, 9.17) is 4.74 Å². The fourth-order valence-electron chi connectivity index (χ4n) is 1.68. The molecule has 0 spiro atoms. The van der Waals surface area contributed by atoms with Crippen molar-refractivity contribution in [3.8, 4) is 0 Å². The average molecular weight is 187 g/mol. The van der Waals surface area contributed by atoms with Crippen molar-refractivity contribution in [2.24, 2.45) is 10.2 Å². The highest BCUT2D eigenvalue weighted by Gasteiger charge is 2.21. The molecule has 14 heavy (non-hydrogen) atoms. The topological polar surface area (TPSA) is 37.2 Å². The third-order valence-electron chi connectivity index (χ3n) is 2.36. The van der Waals surface area contributed by atoms with Crippen LogP contribution in [0.4, 0.5) is 5.69 Å². The van der Waals surface area contributed by atoms with Gasteiger partial charge < -0.3 is 4.74 Å². The van der Waals surface area contributed by atoms with Gasteiger partial charge in [-0.25, -0.2) is 0 Å². The molecule has 0 radical (unpaired) electrons. The van der Waals surface area contributed by atoms with Crippen molar-refractivity contribution in [2.75, 3.05) is 11.6 Å². The van der Waals surface area contributed by atoms with Crippen molar-refractivity contribution in [2.45, 2.75) is 6.61 Å². The van der Waals surface area contributed by atoms with Gasteiger partial charge in [0.15, 0.2) is 5.82 Å². The Morgan fingerprint density at radius 1 is 1.29 bits per heavy atom. The zero-order valence-electron chi connectivity index (χ0n) is 7.55. The summed E-state index contributed by atoms with van der Waals surface area (Å²) in [7, 11) is 0. The number of anilines is 1. The standard InChI is InChI=1S/C10H9N3O/c1-2-4-9-8(3-1)5-14-6-10-12-11-7-13(9)10/h1-4,6H,5,7H2. The van der Waals surface area contributed by atoms with Crippen LogP contribution in [-0.4, -0.2) is 6.67 Å². The van der Waals surface area contributed by atoms with Gasteiger partial charge in [0.25, 0.3) is 0 Å². The molecule has 0 fully saturated rings. The lowest BCUT2D eigenvalue weighted by Crippen LogP contribution is -2.17. The van der Waals surface area contributed by atoms with Crippen LogP contribution in [0.15, 0.2) is 46.6 Å². The van der Waals surface area contributed by atoms with Crippen molar-refractivity contribution >= 4 is 5.69 Å². The van der Waals surface area contributed by atoms with Gasteiger partial charge in [-0.15, -0.1) is 5.11 Å². The zero-order chi connectivity index (χ0) is 9.38. The van der Waals surface area contributed by atoms with E-state index in [0.29, 0.717) is 13.3 Å². The van der Waals surface area contributed by atoms with E-state index < -0.39 is 0 Å². The fourth-order valence-corrected chi connectivity index (χ4v) is 1.68. The van der Waals surface area contributed by atoms with Crippen LogP contribution in [0, 0.1) is 0 Å². The summed E-state index contributed by atoms with van der Waals surface area (Å²) in [6, 6.07) is 8.15. The van der Waals surface area contributed by atoms with Gasteiger partial charge in [0, 0.05) is 5.56 Å². The van der Waals surface area contributed by atoms with Gasteiger partial charge in [-0.3, -0.25) is 4.90 Å². The maximum Gasteiger partial charge on any atom is 0.191 e. The van der Waals surface area contributed by atoms with Gasteiger partial charge in [0.1, 0.15) is 19.5 Å². The predicted octanol–water partition coefficient (Wildman–Crippen LogP) is 2.25. The summed E-state index contributed by atoms with van der Waals surface area (Å²) in [5.41, 5.74) is 2.31. The molecule has 70 valence electrons. The molecule has 0 bridgehead atoms. The Labute approximate surface area is 81.5 Å². The van der Waals surface area contributed by atoms with Crippen molar-refractivity contribution in [1.82, 2.24) is 0 Å². The van der Waals surface area contributed by atoms with Crippen LogP contribution in [0.3, 0.4) is 0 Å². The molecule has 0 aromatic heterocycles. The molecule has 3 rings (SSSR count). The summed E-state index contributed by atoms with van der Waals surface area (Å²) in [5.74, 6) is 0.787. The van der Waals surface area contributed by atoms with Crippen LogP contribution < -0.4 is 4.90 Å². The molecular weight excluding hydrogens is 178 g/mol. The normalized spacial score (nSPS) is 18.0. The Morgan fingerprint density at radius 3 is 3.21 bits per heavy atom. The molecule has 0 atom stereocenters. The van der Waals surface area contributed by atoms with Crippen LogP contribution >= 0.6 is 0 Å². The summed E-state index contributed by atoms with van der Waals surface area (Å²) in [6.45, 7) is 1.19. The second-order valence-corrected chi connectivity index (χ2v) is 3.23. The number of ether oxygens (including phenoxy) is 1. The number of hydrogen-bond acceptors (Lipinski definition) is 4. The minimum absolute atomic E-state index is 0.589. The van der Waals surface area contributed by atoms with E-state index in [1.54, 1.807) is 6.26 Å². The van der Waals surface area contributed by atoms with Crippen molar-refractivity contribution in [1.29, 1.82) is 0 Å². The van der Waals surface area contributed by atoms with Crippen molar-refractivity contribution < 1.29 is 4.74 Å². The first-order chi connectivity index (χ1) is 6.95. The van der Waals surface area contributed by atoms with Crippen LogP contribution in [0.5, 0.6) is 0 Å². The molecule has 4 nitrogen and oxygen atoms in total. The summed E-state index contributed by atoms with van der Waals surface area (Å²) < 4.78 is 5.38. The van der Waals surface area contributed by atoms with Gasteiger partial charge in [0.2, 0.25) is 0 Å².